The van der Waals surface area contributed by atoms with Crippen LogP contribution in [0, 0.1) is 17.6 Å². The van der Waals surface area contributed by atoms with Crippen LogP contribution in [-0.4, -0.2) is 5.75 Å². The fourth-order valence-corrected chi connectivity index (χ4v) is 2.29. The van der Waals surface area contributed by atoms with Crippen LogP contribution in [-0.2, 0) is 6.54 Å². The van der Waals surface area contributed by atoms with Crippen LogP contribution in [0.5, 0.6) is 0 Å². The molecule has 0 bridgehead atoms. The van der Waals surface area contributed by atoms with Gasteiger partial charge in [-0.2, -0.15) is 0 Å². The van der Waals surface area contributed by atoms with E-state index in [2.05, 4.69) is 13.8 Å². The van der Waals surface area contributed by atoms with Crippen molar-refractivity contribution < 1.29 is 8.78 Å². The monoisotopic (exact) mass is 245 g/mol. The first-order chi connectivity index (χ1) is 7.58. The maximum atomic E-state index is 13.5. The van der Waals surface area contributed by atoms with Crippen LogP contribution in [0.2, 0.25) is 0 Å². The molecule has 0 aromatic heterocycles. The first-order valence-corrected chi connectivity index (χ1v) is 6.37. The molecule has 0 heterocycles. The Morgan fingerprint density at radius 1 is 1.31 bits per heavy atom. The number of rotatable bonds is 5. The molecule has 0 radical (unpaired) electrons. The molecule has 0 aliphatic heterocycles. The summed E-state index contributed by atoms with van der Waals surface area (Å²) in [4.78, 5) is 0.109. The average Bonchev–Trinajstić information content (AvgIpc) is 2.27. The molecule has 4 heteroatoms. The van der Waals surface area contributed by atoms with Gasteiger partial charge in [-0.15, -0.1) is 11.8 Å². The van der Waals surface area contributed by atoms with E-state index >= 15 is 0 Å². The quantitative estimate of drug-likeness (QED) is 0.803. The summed E-state index contributed by atoms with van der Waals surface area (Å²) in [6.07, 6.45) is 1.01. The van der Waals surface area contributed by atoms with Crippen LogP contribution in [0.15, 0.2) is 17.0 Å². The van der Waals surface area contributed by atoms with Gasteiger partial charge in [0.25, 0.3) is 0 Å². The molecule has 1 aromatic rings. The lowest BCUT2D eigenvalue weighted by Crippen LogP contribution is -2.01. The molecule has 0 fully saturated rings. The van der Waals surface area contributed by atoms with Gasteiger partial charge in [0.2, 0.25) is 0 Å². The van der Waals surface area contributed by atoms with E-state index in [0.717, 1.165) is 12.2 Å². The van der Waals surface area contributed by atoms with E-state index in [1.807, 2.05) is 0 Å². The minimum absolute atomic E-state index is 0.109. The third-order valence-corrected chi connectivity index (χ3v) is 3.92. The lowest BCUT2D eigenvalue weighted by molar-refractivity contribution is 0.536. The number of thioether (sulfide) groups is 1. The van der Waals surface area contributed by atoms with Crippen molar-refractivity contribution in [2.24, 2.45) is 11.7 Å². The second kappa shape index (κ2) is 6.21. The highest BCUT2D eigenvalue weighted by Gasteiger charge is 2.12. The van der Waals surface area contributed by atoms with Gasteiger partial charge in [0.15, 0.2) is 0 Å². The molecule has 90 valence electrons. The third-order valence-electron chi connectivity index (χ3n) is 2.50. The van der Waals surface area contributed by atoms with E-state index in [1.54, 1.807) is 0 Å². The van der Waals surface area contributed by atoms with Crippen LogP contribution in [0.1, 0.15) is 25.8 Å². The normalized spacial score (nSPS) is 12.8. The van der Waals surface area contributed by atoms with Crippen molar-refractivity contribution in [1.29, 1.82) is 0 Å². The minimum atomic E-state index is -0.506. The topological polar surface area (TPSA) is 26.0 Å². The van der Waals surface area contributed by atoms with E-state index in [4.69, 9.17) is 5.73 Å². The molecule has 1 aromatic carbocycles. The molecule has 0 spiro atoms. The summed E-state index contributed by atoms with van der Waals surface area (Å²) < 4.78 is 27.1. The molecule has 16 heavy (non-hydrogen) atoms. The second-order valence-electron chi connectivity index (χ2n) is 3.92. The Morgan fingerprint density at radius 2 is 1.88 bits per heavy atom. The van der Waals surface area contributed by atoms with Crippen LogP contribution >= 0.6 is 11.8 Å². The summed E-state index contributed by atoms with van der Waals surface area (Å²) in [5.74, 6) is 0.173. The number of hydrogen-bond acceptors (Lipinski definition) is 2. The molecule has 1 nitrogen and oxygen atoms in total. The van der Waals surface area contributed by atoms with Crippen LogP contribution in [0.25, 0.3) is 0 Å². The van der Waals surface area contributed by atoms with E-state index in [1.165, 1.54) is 23.9 Å². The van der Waals surface area contributed by atoms with E-state index in [9.17, 15) is 8.78 Å². The molecule has 0 saturated heterocycles. The lowest BCUT2D eigenvalue weighted by atomic mass is 10.2. The zero-order valence-electron chi connectivity index (χ0n) is 9.59. The SMILES string of the molecule is CCC(C)CSc1c(F)cc(CN)cc1F. The zero-order valence-corrected chi connectivity index (χ0v) is 10.4. The van der Waals surface area contributed by atoms with Crippen molar-refractivity contribution in [2.45, 2.75) is 31.7 Å². The number of benzene rings is 1. The summed E-state index contributed by atoms with van der Waals surface area (Å²) in [5, 5.41) is 0. The van der Waals surface area contributed by atoms with Gasteiger partial charge in [0.05, 0.1) is 4.90 Å². The van der Waals surface area contributed by atoms with Gasteiger partial charge >= 0.3 is 0 Å². The number of nitrogens with two attached hydrogens (primary N) is 1. The predicted octanol–water partition coefficient (Wildman–Crippen LogP) is 3.56. The molecule has 0 aliphatic carbocycles. The Morgan fingerprint density at radius 3 is 2.31 bits per heavy atom. The van der Waals surface area contributed by atoms with Gasteiger partial charge in [0, 0.05) is 12.3 Å². The highest BCUT2D eigenvalue weighted by atomic mass is 32.2. The fraction of sp³-hybridized carbons (Fsp3) is 0.500. The molecular weight excluding hydrogens is 228 g/mol. The summed E-state index contributed by atoms with van der Waals surface area (Å²) in [5.41, 5.74) is 5.83. The van der Waals surface area contributed by atoms with E-state index in [-0.39, 0.29) is 11.4 Å². The molecule has 0 aliphatic rings. The van der Waals surface area contributed by atoms with E-state index < -0.39 is 11.6 Å². The lowest BCUT2D eigenvalue weighted by Gasteiger charge is -2.10. The van der Waals surface area contributed by atoms with E-state index in [0.29, 0.717) is 11.5 Å². The van der Waals surface area contributed by atoms with Crippen LogP contribution < -0.4 is 5.73 Å². The Hall–Kier alpha value is -0.610. The second-order valence-corrected chi connectivity index (χ2v) is 4.95. The highest BCUT2D eigenvalue weighted by Crippen LogP contribution is 2.28. The highest BCUT2D eigenvalue weighted by molar-refractivity contribution is 7.99. The molecule has 0 saturated carbocycles. The Labute approximate surface area is 99.4 Å². The number of halogens is 2. The van der Waals surface area contributed by atoms with Gasteiger partial charge < -0.3 is 5.73 Å². The minimum Gasteiger partial charge on any atom is -0.326 e. The van der Waals surface area contributed by atoms with Gasteiger partial charge in [-0.3, -0.25) is 0 Å². The Bertz CT molecular complexity index is 332. The van der Waals surface area contributed by atoms with Crippen molar-refractivity contribution in [3.63, 3.8) is 0 Å². The molecule has 1 unspecified atom stereocenters. The van der Waals surface area contributed by atoms with Gasteiger partial charge in [0.1, 0.15) is 11.6 Å². The van der Waals surface area contributed by atoms with Crippen molar-refractivity contribution in [2.75, 3.05) is 5.75 Å². The molecule has 1 rings (SSSR count). The summed E-state index contributed by atoms with van der Waals surface area (Å²) in [6.45, 7) is 4.29. The Balaban J connectivity index is 2.80. The summed E-state index contributed by atoms with van der Waals surface area (Å²) in [6, 6.07) is 2.62. The maximum Gasteiger partial charge on any atom is 0.140 e. The standard InChI is InChI=1S/C12H17F2NS/c1-3-8(2)7-16-12-10(13)4-9(6-15)5-11(12)14/h4-5,8H,3,6-7,15H2,1-2H3. The smallest absolute Gasteiger partial charge is 0.140 e. The molecule has 1 atom stereocenters. The summed E-state index contributed by atoms with van der Waals surface area (Å²) in [7, 11) is 0. The number of hydrogen-bond donors (Lipinski definition) is 1. The fourth-order valence-electron chi connectivity index (χ4n) is 1.21. The van der Waals surface area contributed by atoms with Gasteiger partial charge in [-0.25, -0.2) is 8.78 Å². The molecular formula is C12H17F2NS. The van der Waals surface area contributed by atoms with Crippen molar-refractivity contribution >= 4 is 11.8 Å². The van der Waals surface area contributed by atoms with Crippen LogP contribution in [0.4, 0.5) is 8.78 Å². The first-order valence-electron chi connectivity index (χ1n) is 5.39. The van der Waals surface area contributed by atoms with Crippen molar-refractivity contribution in [3.05, 3.63) is 29.3 Å². The predicted molar refractivity (Wildman–Crippen MR) is 64.4 cm³/mol. The molecule has 2 N–H and O–H groups in total. The van der Waals surface area contributed by atoms with Gasteiger partial charge in [-0.1, -0.05) is 20.3 Å². The summed E-state index contributed by atoms with van der Waals surface area (Å²) >= 11 is 1.23. The van der Waals surface area contributed by atoms with Crippen molar-refractivity contribution in [1.82, 2.24) is 0 Å². The van der Waals surface area contributed by atoms with Gasteiger partial charge in [-0.05, 0) is 23.6 Å². The Kier molecular flexibility index (Phi) is 5.22. The zero-order chi connectivity index (χ0) is 12.1. The molecule has 0 amide bonds. The average molecular weight is 245 g/mol. The largest absolute Gasteiger partial charge is 0.326 e. The maximum absolute atomic E-state index is 13.5. The third kappa shape index (κ3) is 3.46. The van der Waals surface area contributed by atoms with Crippen LogP contribution in [0.3, 0.4) is 0 Å². The first kappa shape index (κ1) is 13.5. The van der Waals surface area contributed by atoms with Crippen molar-refractivity contribution in [3.8, 4) is 0 Å².